The van der Waals surface area contributed by atoms with Crippen molar-refractivity contribution in [3.8, 4) is 0 Å². The molecule has 1 aliphatic rings. The van der Waals surface area contributed by atoms with Crippen LogP contribution in [0.3, 0.4) is 0 Å². The van der Waals surface area contributed by atoms with Crippen molar-refractivity contribution >= 4 is 28.2 Å². The number of carbonyl (C=O) groups is 2. The second kappa shape index (κ2) is 7.07. The average molecular weight is 299 g/mol. The second-order valence-corrected chi connectivity index (χ2v) is 4.86. The molecule has 0 atom stereocenters. The minimum absolute atomic E-state index is 0.0600. The summed E-state index contributed by atoms with van der Waals surface area (Å²) >= 11 is 0. The molecule has 0 fully saturated rings. The Kier molecular flexibility index (Phi) is 5.15. The van der Waals surface area contributed by atoms with Crippen molar-refractivity contribution in [1.29, 1.82) is 0 Å². The number of hydrogen-bond acceptors (Lipinski definition) is 4. The Morgan fingerprint density at radius 2 is 1.95 bits per heavy atom. The Labute approximate surface area is 130 Å². The fourth-order valence-corrected chi connectivity index (χ4v) is 2.71. The number of aryl methyl sites for hydroxylation is 1. The van der Waals surface area contributed by atoms with E-state index in [2.05, 4.69) is 16.1 Å². The van der Waals surface area contributed by atoms with E-state index in [-0.39, 0.29) is 18.3 Å². The lowest BCUT2D eigenvalue weighted by Crippen LogP contribution is -2.18. The zero-order valence-corrected chi connectivity index (χ0v) is 13.2. The van der Waals surface area contributed by atoms with Crippen LogP contribution >= 0.6 is 0 Å². The number of ketones is 1. The summed E-state index contributed by atoms with van der Waals surface area (Å²) < 4.78 is 4.61. The van der Waals surface area contributed by atoms with Gasteiger partial charge >= 0.3 is 5.97 Å². The molecule has 2 aromatic rings. The Bertz CT molecular complexity index is 707. The van der Waals surface area contributed by atoms with Gasteiger partial charge < -0.3 is 10.1 Å². The molecule has 0 unspecified atom stereocenters. The van der Waals surface area contributed by atoms with Crippen LogP contribution in [0, 0.1) is 0 Å². The lowest BCUT2D eigenvalue weighted by atomic mass is 9.86. The molecule has 0 heterocycles. The van der Waals surface area contributed by atoms with Gasteiger partial charge in [0.05, 0.1) is 7.11 Å². The van der Waals surface area contributed by atoms with Gasteiger partial charge in [0.2, 0.25) is 0 Å². The van der Waals surface area contributed by atoms with E-state index >= 15 is 0 Å². The van der Waals surface area contributed by atoms with E-state index in [0.29, 0.717) is 17.7 Å². The Balaban J connectivity index is 0.000000847. The SMILES string of the molecule is CC.COC(=O)CNc1ccc2cccc3c2c1C(=O)CC3. The van der Waals surface area contributed by atoms with Crippen molar-refractivity contribution in [3.05, 3.63) is 41.5 Å². The summed E-state index contributed by atoms with van der Waals surface area (Å²) in [5.74, 6) is -0.226. The first-order valence-corrected chi connectivity index (χ1v) is 7.59. The van der Waals surface area contributed by atoms with Gasteiger partial charge in [-0.25, -0.2) is 0 Å². The van der Waals surface area contributed by atoms with E-state index in [4.69, 9.17) is 0 Å². The highest BCUT2D eigenvalue weighted by molar-refractivity contribution is 6.15. The normalized spacial score (nSPS) is 12.4. The molecule has 0 aromatic heterocycles. The van der Waals surface area contributed by atoms with E-state index in [0.717, 1.165) is 17.2 Å². The summed E-state index contributed by atoms with van der Waals surface area (Å²) in [7, 11) is 1.34. The van der Waals surface area contributed by atoms with Crippen molar-refractivity contribution in [1.82, 2.24) is 0 Å². The summed E-state index contributed by atoms with van der Waals surface area (Å²) in [4.78, 5) is 23.5. The number of rotatable bonds is 3. The highest BCUT2D eigenvalue weighted by atomic mass is 16.5. The topological polar surface area (TPSA) is 55.4 Å². The predicted octanol–water partition coefficient (Wildman–Crippen LogP) is 3.58. The van der Waals surface area contributed by atoms with Crippen LogP contribution in [-0.4, -0.2) is 25.4 Å². The molecular formula is C18H21NO3. The zero-order valence-electron chi connectivity index (χ0n) is 13.2. The molecule has 0 saturated heterocycles. The number of esters is 1. The molecule has 1 aliphatic carbocycles. The summed E-state index contributed by atoms with van der Waals surface area (Å²) in [6.45, 7) is 4.06. The average Bonchev–Trinajstić information content (AvgIpc) is 2.58. The van der Waals surface area contributed by atoms with Gasteiger partial charge in [-0.15, -0.1) is 0 Å². The number of benzene rings is 2. The first kappa shape index (κ1) is 16.0. The van der Waals surface area contributed by atoms with Crippen molar-refractivity contribution in [2.24, 2.45) is 0 Å². The van der Waals surface area contributed by atoms with Gasteiger partial charge in [0.15, 0.2) is 5.78 Å². The molecule has 3 rings (SSSR count). The van der Waals surface area contributed by atoms with Gasteiger partial charge in [-0.05, 0) is 28.8 Å². The number of anilines is 1. The van der Waals surface area contributed by atoms with Crippen LogP contribution < -0.4 is 5.32 Å². The maximum Gasteiger partial charge on any atom is 0.325 e. The van der Waals surface area contributed by atoms with E-state index in [1.807, 2.05) is 38.1 Å². The van der Waals surface area contributed by atoms with E-state index in [1.54, 1.807) is 0 Å². The zero-order chi connectivity index (χ0) is 16.1. The molecule has 0 radical (unpaired) electrons. The highest BCUT2D eigenvalue weighted by Gasteiger charge is 2.22. The predicted molar refractivity (Wildman–Crippen MR) is 88.5 cm³/mol. The van der Waals surface area contributed by atoms with Crippen molar-refractivity contribution in [3.63, 3.8) is 0 Å². The molecule has 116 valence electrons. The lowest BCUT2D eigenvalue weighted by Gasteiger charge is -2.20. The molecule has 0 spiro atoms. The summed E-state index contributed by atoms with van der Waals surface area (Å²) in [6, 6.07) is 9.90. The van der Waals surface area contributed by atoms with Crippen LogP contribution in [0.5, 0.6) is 0 Å². The standard InChI is InChI=1S/C16H15NO3.C2H6/c1-20-14(19)9-17-12-7-5-10-3-2-4-11-6-8-13(18)16(12)15(10)11;1-2/h2-5,7,17H,6,8-9H2,1H3;1-2H3. The van der Waals surface area contributed by atoms with Crippen molar-refractivity contribution in [2.75, 3.05) is 19.0 Å². The minimum Gasteiger partial charge on any atom is -0.468 e. The van der Waals surface area contributed by atoms with Gasteiger partial charge in [-0.1, -0.05) is 38.1 Å². The number of Topliss-reactive ketones (excluding diaryl/α,β-unsaturated/α-hetero) is 1. The molecule has 0 bridgehead atoms. The quantitative estimate of drug-likeness (QED) is 0.880. The van der Waals surface area contributed by atoms with Gasteiger partial charge in [0, 0.05) is 17.7 Å². The fraction of sp³-hybridized carbons (Fsp3) is 0.333. The van der Waals surface area contributed by atoms with E-state index in [1.165, 1.54) is 12.7 Å². The summed E-state index contributed by atoms with van der Waals surface area (Å²) in [5.41, 5.74) is 2.60. The first-order chi connectivity index (χ1) is 10.7. The lowest BCUT2D eigenvalue weighted by molar-refractivity contribution is -0.138. The number of hydrogen-bond donors (Lipinski definition) is 1. The maximum absolute atomic E-state index is 12.3. The van der Waals surface area contributed by atoms with Gasteiger partial charge in [0.25, 0.3) is 0 Å². The van der Waals surface area contributed by atoms with Crippen LogP contribution in [0.25, 0.3) is 10.8 Å². The highest BCUT2D eigenvalue weighted by Crippen LogP contribution is 2.34. The van der Waals surface area contributed by atoms with Crippen LogP contribution in [0.15, 0.2) is 30.3 Å². The first-order valence-electron chi connectivity index (χ1n) is 7.59. The molecule has 2 aromatic carbocycles. The monoisotopic (exact) mass is 299 g/mol. The fourth-order valence-electron chi connectivity index (χ4n) is 2.71. The van der Waals surface area contributed by atoms with Crippen LogP contribution in [0.4, 0.5) is 5.69 Å². The van der Waals surface area contributed by atoms with Crippen LogP contribution in [-0.2, 0) is 16.0 Å². The molecule has 1 N–H and O–H groups in total. The molecule has 4 heteroatoms. The molecule has 0 amide bonds. The van der Waals surface area contributed by atoms with E-state index in [9.17, 15) is 9.59 Å². The molecule has 0 aliphatic heterocycles. The van der Waals surface area contributed by atoms with Crippen molar-refractivity contribution < 1.29 is 14.3 Å². The Hall–Kier alpha value is -2.36. The van der Waals surface area contributed by atoms with Gasteiger partial charge in [0.1, 0.15) is 6.54 Å². The third kappa shape index (κ3) is 2.96. The smallest absolute Gasteiger partial charge is 0.325 e. The van der Waals surface area contributed by atoms with E-state index < -0.39 is 0 Å². The molecule has 22 heavy (non-hydrogen) atoms. The number of methoxy groups -OCH3 is 1. The van der Waals surface area contributed by atoms with Gasteiger partial charge in [-0.2, -0.15) is 0 Å². The number of carbonyl (C=O) groups excluding carboxylic acids is 2. The Morgan fingerprint density at radius 3 is 2.68 bits per heavy atom. The number of ether oxygens (including phenoxy) is 1. The molecular weight excluding hydrogens is 278 g/mol. The second-order valence-electron chi connectivity index (χ2n) is 4.86. The minimum atomic E-state index is -0.353. The summed E-state index contributed by atoms with van der Waals surface area (Å²) in [5, 5.41) is 5.08. The molecule has 0 saturated carbocycles. The largest absolute Gasteiger partial charge is 0.468 e. The third-order valence-electron chi connectivity index (χ3n) is 3.68. The third-order valence-corrected chi connectivity index (χ3v) is 3.68. The van der Waals surface area contributed by atoms with Crippen LogP contribution in [0.2, 0.25) is 0 Å². The van der Waals surface area contributed by atoms with Gasteiger partial charge in [-0.3, -0.25) is 9.59 Å². The maximum atomic E-state index is 12.3. The molecule has 4 nitrogen and oxygen atoms in total. The van der Waals surface area contributed by atoms with Crippen molar-refractivity contribution in [2.45, 2.75) is 26.7 Å². The van der Waals surface area contributed by atoms with Crippen LogP contribution in [0.1, 0.15) is 36.2 Å². The summed E-state index contributed by atoms with van der Waals surface area (Å²) in [6.07, 6.45) is 1.30. The Morgan fingerprint density at radius 1 is 1.18 bits per heavy atom. The number of nitrogens with one attached hydrogen (secondary N) is 1.